The lowest BCUT2D eigenvalue weighted by molar-refractivity contribution is 0.0344. The van der Waals surface area contributed by atoms with E-state index < -0.39 is 5.97 Å². The summed E-state index contributed by atoms with van der Waals surface area (Å²) in [5, 5.41) is 0.927. The van der Waals surface area contributed by atoms with Gasteiger partial charge < -0.3 is 9.15 Å². The first-order valence-electron chi connectivity index (χ1n) is 5.27. The minimum Gasteiger partial charge on any atom is -0.457 e. The number of fused-ring (bicyclic) bond motifs is 1. The van der Waals surface area contributed by atoms with Crippen molar-refractivity contribution in [2.24, 2.45) is 0 Å². The fourth-order valence-electron chi connectivity index (χ4n) is 1.54. The highest BCUT2D eigenvalue weighted by atomic mass is 16.6. The van der Waals surface area contributed by atoms with Crippen LogP contribution < -0.4 is 0 Å². The van der Waals surface area contributed by atoms with E-state index in [4.69, 9.17) is 9.15 Å². The molecule has 0 saturated heterocycles. The van der Waals surface area contributed by atoms with E-state index in [0.29, 0.717) is 5.58 Å². The van der Waals surface area contributed by atoms with Gasteiger partial charge in [-0.1, -0.05) is 11.6 Å². The molecule has 0 saturated carbocycles. The number of carbonyl (C=O) groups excluding carboxylic acids is 1. The van der Waals surface area contributed by atoms with Crippen LogP contribution >= 0.6 is 0 Å². The van der Waals surface area contributed by atoms with E-state index in [0.717, 1.165) is 10.9 Å². The van der Waals surface area contributed by atoms with Gasteiger partial charge in [0, 0.05) is 5.39 Å². The van der Waals surface area contributed by atoms with Crippen molar-refractivity contribution in [3.05, 3.63) is 35.6 Å². The van der Waals surface area contributed by atoms with Gasteiger partial charge in [0.15, 0.2) is 0 Å². The van der Waals surface area contributed by atoms with E-state index >= 15 is 0 Å². The fourth-order valence-corrected chi connectivity index (χ4v) is 1.54. The summed E-state index contributed by atoms with van der Waals surface area (Å²) in [5.41, 5.74) is 1.85. The van der Waals surface area contributed by atoms with Gasteiger partial charge in [0.1, 0.15) is 5.58 Å². The van der Waals surface area contributed by atoms with Gasteiger partial charge in [0.25, 0.3) is 0 Å². The summed E-state index contributed by atoms with van der Waals surface area (Å²) in [6.07, 6.45) is -0.137. The minimum atomic E-state index is -0.413. The smallest absolute Gasteiger partial charge is 0.374 e. The summed E-state index contributed by atoms with van der Waals surface area (Å²) in [6, 6.07) is 7.50. The Labute approximate surface area is 94.0 Å². The first-order valence-corrected chi connectivity index (χ1v) is 5.27. The third kappa shape index (κ3) is 2.08. The van der Waals surface area contributed by atoms with Crippen LogP contribution in [0.1, 0.15) is 30.0 Å². The van der Waals surface area contributed by atoms with E-state index in [1.807, 2.05) is 39.0 Å². The molecule has 0 aliphatic rings. The molecule has 3 nitrogen and oxygen atoms in total. The average Bonchev–Trinajstić information content (AvgIpc) is 2.59. The third-order valence-corrected chi connectivity index (χ3v) is 2.22. The minimum absolute atomic E-state index is 0.137. The second-order valence-electron chi connectivity index (χ2n) is 4.11. The molecule has 0 radical (unpaired) electrons. The molecule has 0 aliphatic heterocycles. The number of esters is 1. The van der Waals surface area contributed by atoms with Crippen LogP contribution in [0.3, 0.4) is 0 Å². The van der Waals surface area contributed by atoms with Crippen molar-refractivity contribution in [2.45, 2.75) is 26.9 Å². The van der Waals surface area contributed by atoms with Crippen molar-refractivity contribution in [2.75, 3.05) is 0 Å². The van der Waals surface area contributed by atoms with Crippen molar-refractivity contribution >= 4 is 16.9 Å². The summed E-state index contributed by atoms with van der Waals surface area (Å²) in [6.45, 7) is 5.62. The lowest BCUT2D eigenvalue weighted by Gasteiger charge is -2.04. The van der Waals surface area contributed by atoms with Gasteiger partial charge in [0.2, 0.25) is 5.76 Å². The predicted octanol–water partition coefficient (Wildman–Crippen LogP) is 3.31. The monoisotopic (exact) mass is 218 g/mol. The average molecular weight is 218 g/mol. The summed E-state index contributed by atoms with van der Waals surface area (Å²) in [4.78, 5) is 11.6. The number of furan rings is 1. The maximum absolute atomic E-state index is 11.6. The van der Waals surface area contributed by atoms with Gasteiger partial charge in [-0.25, -0.2) is 4.79 Å². The number of ether oxygens (including phenoxy) is 1. The predicted molar refractivity (Wildman–Crippen MR) is 61.5 cm³/mol. The Kier molecular flexibility index (Phi) is 2.69. The zero-order valence-corrected chi connectivity index (χ0v) is 9.61. The van der Waals surface area contributed by atoms with Crippen LogP contribution in [-0.2, 0) is 4.74 Å². The highest BCUT2D eigenvalue weighted by molar-refractivity contribution is 5.92. The van der Waals surface area contributed by atoms with E-state index in [1.54, 1.807) is 6.07 Å². The number of rotatable bonds is 2. The van der Waals surface area contributed by atoms with Gasteiger partial charge in [-0.15, -0.1) is 0 Å². The van der Waals surface area contributed by atoms with Crippen LogP contribution in [0.2, 0.25) is 0 Å². The Morgan fingerprint density at radius 1 is 1.31 bits per heavy atom. The number of carbonyl (C=O) groups is 1. The molecule has 0 spiro atoms. The van der Waals surface area contributed by atoms with Gasteiger partial charge in [-0.3, -0.25) is 0 Å². The van der Waals surface area contributed by atoms with E-state index in [9.17, 15) is 4.79 Å². The van der Waals surface area contributed by atoms with Crippen molar-refractivity contribution in [3.8, 4) is 0 Å². The molecule has 0 atom stereocenters. The van der Waals surface area contributed by atoms with Crippen LogP contribution in [0.25, 0.3) is 11.0 Å². The Balaban J connectivity index is 2.36. The third-order valence-electron chi connectivity index (χ3n) is 2.22. The normalized spacial score (nSPS) is 11.0. The molecule has 3 heteroatoms. The van der Waals surface area contributed by atoms with E-state index in [1.165, 1.54) is 0 Å². The molecule has 0 aliphatic carbocycles. The zero-order chi connectivity index (χ0) is 11.7. The number of hydrogen-bond donors (Lipinski definition) is 0. The molecular formula is C13H14O3. The van der Waals surface area contributed by atoms with Crippen LogP contribution in [0.15, 0.2) is 28.7 Å². The number of aryl methyl sites for hydroxylation is 1. The molecule has 84 valence electrons. The van der Waals surface area contributed by atoms with Crippen LogP contribution in [0.5, 0.6) is 0 Å². The Morgan fingerprint density at radius 3 is 2.75 bits per heavy atom. The Morgan fingerprint density at radius 2 is 2.06 bits per heavy atom. The molecule has 0 unspecified atom stereocenters. The Hall–Kier alpha value is -1.77. The first kappa shape index (κ1) is 10.7. The quantitative estimate of drug-likeness (QED) is 0.726. The molecule has 0 fully saturated rings. The lowest BCUT2D eigenvalue weighted by atomic mass is 10.2. The summed E-state index contributed by atoms with van der Waals surface area (Å²) >= 11 is 0. The van der Waals surface area contributed by atoms with Crippen molar-refractivity contribution in [1.29, 1.82) is 0 Å². The standard InChI is InChI=1S/C13H14O3/c1-8(2)15-13(14)12-7-10-6-9(3)4-5-11(10)16-12/h4-8H,1-3H3. The number of benzene rings is 1. The van der Waals surface area contributed by atoms with Crippen LogP contribution in [-0.4, -0.2) is 12.1 Å². The molecular weight excluding hydrogens is 204 g/mol. The van der Waals surface area contributed by atoms with Gasteiger partial charge in [-0.05, 0) is 39.0 Å². The van der Waals surface area contributed by atoms with Gasteiger partial charge in [-0.2, -0.15) is 0 Å². The van der Waals surface area contributed by atoms with Crippen LogP contribution in [0.4, 0.5) is 0 Å². The van der Waals surface area contributed by atoms with E-state index in [-0.39, 0.29) is 11.9 Å². The summed E-state index contributed by atoms with van der Waals surface area (Å²) < 4.78 is 10.5. The maximum atomic E-state index is 11.6. The summed E-state index contributed by atoms with van der Waals surface area (Å²) in [7, 11) is 0. The second-order valence-corrected chi connectivity index (χ2v) is 4.11. The maximum Gasteiger partial charge on any atom is 0.374 e. The van der Waals surface area contributed by atoms with Crippen molar-refractivity contribution < 1.29 is 13.9 Å². The van der Waals surface area contributed by atoms with E-state index in [2.05, 4.69) is 0 Å². The topological polar surface area (TPSA) is 39.4 Å². The highest BCUT2D eigenvalue weighted by Gasteiger charge is 2.14. The molecule has 2 rings (SSSR count). The second kappa shape index (κ2) is 4.00. The van der Waals surface area contributed by atoms with Crippen molar-refractivity contribution in [1.82, 2.24) is 0 Å². The molecule has 1 aromatic heterocycles. The summed E-state index contributed by atoms with van der Waals surface area (Å²) in [5.74, 6) is -0.154. The molecule has 16 heavy (non-hydrogen) atoms. The molecule has 0 N–H and O–H groups in total. The van der Waals surface area contributed by atoms with Crippen molar-refractivity contribution in [3.63, 3.8) is 0 Å². The SMILES string of the molecule is Cc1ccc2oc(C(=O)OC(C)C)cc2c1. The molecule has 0 amide bonds. The van der Waals surface area contributed by atoms with Gasteiger partial charge in [0.05, 0.1) is 6.10 Å². The first-order chi connectivity index (χ1) is 7.56. The van der Waals surface area contributed by atoms with Gasteiger partial charge >= 0.3 is 5.97 Å². The molecule has 1 heterocycles. The molecule has 0 bridgehead atoms. The molecule has 1 aromatic carbocycles. The number of hydrogen-bond acceptors (Lipinski definition) is 3. The zero-order valence-electron chi connectivity index (χ0n) is 9.61. The largest absolute Gasteiger partial charge is 0.457 e. The lowest BCUT2D eigenvalue weighted by Crippen LogP contribution is -2.10. The fraction of sp³-hybridized carbons (Fsp3) is 0.308. The molecule has 2 aromatic rings. The highest BCUT2D eigenvalue weighted by Crippen LogP contribution is 2.21. The Bertz CT molecular complexity index is 523. The van der Waals surface area contributed by atoms with Crippen LogP contribution in [0, 0.1) is 6.92 Å².